The smallest absolute Gasteiger partial charge is 0.251 e. The maximum atomic E-state index is 12.1. The van der Waals surface area contributed by atoms with E-state index in [0.717, 1.165) is 12.2 Å². The van der Waals surface area contributed by atoms with Crippen LogP contribution in [0.4, 0.5) is 0 Å². The Balaban J connectivity index is 1.42. The van der Waals surface area contributed by atoms with Crippen LogP contribution in [-0.2, 0) is 0 Å². The minimum absolute atomic E-state index is 0.123. The zero-order valence-corrected chi connectivity index (χ0v) is 12.8. The van der Waals surface area contributed by atoms with Crippen LogP contribution in [-0.4, -0.2) is 32.3 Å². The van der Waals surface area contributed by atoms with Gasteiger partial charge < -0.3 is 19.5 Å². The molecule has 5 nitrogen and oxygen atoms in total. The van der Waals surface area contributed by atoms with Gasteiger partial charge in [-0.3, -0.25) is 4.79 Å². The Morgan fingerprint density at radius 3 is 2.65 bits per heavy atom. The molecule has 0 aromatic heterocycles. The second-order valence-electron chi connectivity index (χ2n) is 5.13. The maximum absolute atomic E-state index is 12.1. The van der Waals surface area contributed by atoms with E-state index in [9.17, 15) is 4.79 Å². The molecule has 1 amide bonds. The molecule has 1 aliphatic heterocycles. The Morgan fingerprint density at radius 2 is 1.83 bits per heavy atom. The van der Waals surface area contributed by atoms with Crippen molar-refractivity contribution in [2.45, 2.75) is 6.42 Å². The number of amides is 1. The van der Waals surface area contributed by atoms with Gasteiger partial charge in [0.2, 0.25) is 0 Å². The van der Waals surface area contributed by atoms with E-state index < -0.39 is 0 Å². The Morgan fingerprint density at radius 1 is 1.04 bits per heavy atom. The summed E-state index contributed by atoms with van der Waals surface area (Å²) >= 11 is 0. The highest BCUT2D eigenvalue weighted by atomic mass is 16.6. The van der Waals surface area contributed by atoms with E-state index in [0.29, 0.717) is 43.4 Å². The lowest BCUT2D eigenvalue weighted by atomic mass is 10.2. The lowest BCUT2D eigenvalue weighted by Gasteiger charge is -2.18. The molecule has 1 N–H and O–H groups in total. The van der Waals surface area contributed by atoms with Crippen LogP contribution < -0.4 is 19.5 Å². The molecule has 0 aliphatic carbocycles. The number of hydrogen-bond donors (Lipinski definition) is 1. The molecule has 0 fully saturated rings. The first-order valence-corrected chi connectivity index (χ1v) is 7.68. The summed E-state index contributed by atoms with van der Waals surface area (Å²) in [6, 6.07) is 14.8. The topological polar surface area (TPSA) is 56.8 Å². The third kappa shape index (κ3) is 4.16. The predicted octanol–water partition coefficient (Wildman–Crippen LogP) is 2.66. The second kappa shape index (κ2) is 7.54. The van der Waals surface area contributed by atoms with E-state index >= 15 is 0 Å². The van der Waals surface area contributed by atoms with Gasteiger partial charge in [-0.15, -0.1) is 0 Å². The second-order valence-corrected chi connectivity index (χ2v) is 5.13. The Hall–Kier alpha value is -2.69. The highest BCUT2D eigenvalue weighted by molar-refractivity contribution is 5.94. The van der Waals surface area contributed by atoms with Gasteiger partial charge in [0.05, 0.1) is 6.61 Å². The molecule has 1 aliphatic rings. The molecule has 0 unspecified atom stereocenters. The minimum Gasteiger partial charge on any atom is -0.494 e. The van der Waals surface area contributed by atoms with Gasteiger partial charge in [0, 0.05) is 12.1 Å². The third-order valence-corrected chi connectivity index (χ3v) is 3.42. The molecule has 0 spiro atoms. The first kappa shape index (κ1) is 15.2. The van der Waals surface area contributed by atoms with Gasteiger partial charge in [-0.25, -0.2) is 0 Å². The van der Waals surface area contributed by atoms with Crippen LogP contribution >= 0.6 is 0 Å². The van der Waals surface area contributed by atoms with Crippen LogP contribution in [0.1, 0.15) is 16.8 Å². The van der Waals surface area contributed by atoms with Gasteiger partial charge in [-0.05, 0) is 36.8 Å². The fourth-order valence-electron chi connectivity index (χ4n) is 2.27. The number of para-hydroxylation sites is 1. The molecule has 23 heavy (non-hydrogen) atoms. The Labute approximate surface area is 135 Å². The highest BCUT2D eigenvalue weighted by Gasteiger charge is 2.14. The summed E-state index contributed by atoms with van der Waals surface area (Å²) in [4.78, 5) is 12.1. The number of ether oxygens (including phenoxy) is 3. The Kier molecular flexibility index (Phi) is 4.99. The molecule has 0 radical (unpaired) electrons. The van der Waals surface area contributed by atoms with Crippen molar-refractivity contribution in [3.05, 3.63) is 54.1 Å². The minimum atomic E-state index is -0.123. The van der Waals surface area contributed by atoms with Crippen molar-refractivity contribution in [1.82, 2.24) is 5.32 Å². The molecule has 0 bridgehead atoms. The SMILES string of the molecule is O=C(NCCCOc1ccccc1)c1ccc2c(c1)OCCO2. The summed E-state index contributed by atoms with van der Waals surface area (Å²) in [7, 11) is 0. The van der Waals surface area contributed by atoms with Gasteiger partial charge in [0.1, 0.15) is 19.0 Å². The van der Waals surface area contributed by atoms with Crippen molar-refractivity contribution in [2.24, 2.45) is 0 Å². The molecular formula is C18H19NO4. The summed E-state index contributed by atoms with van der Waals surface area (Å²) in [5, 5.41) is 2.88. The zero-order chi connectivity index (χ0) is 15.9. The maximum Gasteiger partial charge on any atom is 0.251 e. The van der Waals surface area contributed by atoms with Crippen LogP contribution in [0.25, 0.3) is 0 Å². The number of carbonyl (C=O) groups is 1. The highest BCUT2D eigenvalue weighted by Crippen LogP contribution is 2.30. The number of nitrogens with one attached hydrogen (secondary N) is 1. The largest absolute Gasteiger partial charge is 0.494 e. The van der Waals surface area contributed by atoms with Crippen LogP contribution in [0.2, 0.25) is 0 Å². The van der Waals surface area contributed by atoms with Crippen molar-refractivity contribution < 1.29 is 19.0 Å². The van der Waals surface area contributed by atoms with E-state index in [4.69, 9.17) is 14.2 Å². The van der Waals surface area contributed by atoms with E-state index in [1.165, 1.54) is 0 Å². The quantitative estimate of drug-likeness (QED) is 0.833. The normalized spacial score (nSPS) is 12.5. The van der Waals surface area contributed by atoms with Gasteiger partial charge in [0.15, 0.2) is 11.5 Å². The van der Waals surface area contributed by atoms with Crippen LogP contribution in [0, 0.1) is 0 Å². The van der Waals surface area contributed by atoms with Crippen molar-refractivity contribution >= 4 is 5.91 Å². The van der Waals surface area contributed by atoms with E-state index in [1.54, 1.807) is 18.2 Å². The number of carbonyl (C=O) groups excluding carboxylic acids is 1. The molecule has 3 rings (SSSR count). The van der Waals surface area contributed by atoms with Crippen LogP contribution in [0.15, 0.2) is 48.5 Å². The number of benzene rings is 2. The number of rotatable bonds is 6. The van der Waals surface area contributed by atoms with E-state index in [1.807, 2.05) is 30.3 Å². The van der Waals surface area contributed by atoms with Crippen molar-refractivity contribution in [2.75, 3.05) is 26.4 Å². The van der Waals surface area contributed by atoms with Gasteiger partial charge in [-0.1, -0.05) is 18.2 Å². The van der Waals surface area contributed by atoms with E-state index in [2.05, 4.69) is 5.32 Å². The van der Waals surface area contributed by atoms with Gasteiger partial charge in [0.25, 0.3) is 5.91 Å². The predicted molar refractivity (Wildman–Crippen MR) is 86.3 cm³/mol. The monoisotopic (exact) mass is 313 g/mol. The molecule has 0 saturated carbocycles. The van der Waals surface area contributed by atoms with Gasteiger partial charge >= 0.3 is 0 Å². The number of hydrogen-bond acceptors (Lipinski definition) is 4. The molecule has 0 saturated heterocycles. The molecule has 1 heterocycles. The molecule has 2 aromatic carbocycles. The first-order valence-electron chi connectivity index (χ1n) is 7.68. The van der Waals surface area contributed by atoms with Crippen LogP contribution in [0.5, 0.6) is 17.2 Å². The molecule has 120 valence electrons. The summed E-state index contributed by atoms with van der Waals surface area (Å²) in [6.45, 7) is 2.17. The summed E-state index contributed by atoms with van der Waals surface area (Å²) < 4.78 is 16.5. The van der Waals surface area contributed by atoms with Crippen molar-refractivity contribution in [3.8, 4) is 17.2 Å². The lowest BCUT2D eigenvalue weighted by molar-refractivity contribution is 0.0950. The standard InChI is InChI=1S/C18H19NO4/c20-18(14-7-8-16-17(13-14)23-12-11-22-16)19-9-4-10-21-15-5-2-1-3-6-15/h1-3,5-8,13H,4,9-12H2,(H,19,20). The average molecular weight is 313 g/mol. The third-order valence-electron chi connectivity index (χ3n) is 3.42. The summed E-state index contributed by atoms with van der Waals surface area (Å²) in [6.07, 6.45) is 0.741. The van der Waals surface area contributed by atoms with Crippen LogP contribution in [0.3, 0.4) is 0 Å². The lowest BCUT2D eigenvalue weighted by Crippen LogP contribution is -2.26. The fourth-order valence-corrected chi connectivity index (χ4v) is 2.27. The van der Waals surface area contributed by atoms with Gasteiger partial charge in [-0.2, -0.15) is 0 Å². The number of fused-ring (bicyclic) bond motifs is 1. The summed E-state index contributed by atoms with van der Waals surface area (Å²) in [5.74, 6) is 2.02. The van der Waals surface area contributed by atoms with E-state index in [-0.39, 0.29) is 5.91 Å². The Bertz CT molecular complexity index is 657. The van der Waals surface area contributed by atoms with Crippen molar-refractivity contribution in [1.29, 1.82) is 0 Å². The molecular weight excluding hydrogens is 294 g/mol. The average Bonchev–Trinajstić information content (AvgIpc) is 2.61. The molecule has 2 aromatic rings. The fraction of sp³-hybridized carbons (Fsp3) is 0.278. The zero-order valence-electron chi connectivity index (χ0n) is 12.8. The molecule has 5 heteroatoms. The first-order chi connectivity index (χ1) is 11.3. The van der Waals surface area contributed by atoms with Crippen molar-refractivity contribution in [3.63, 3.8) is 0 Å². The summed E-state index contributed by atoms with van der Waals surface area (Å²) in [5.41, 5.74) is 0.568. The molecule has 0 atom stereocenters.